The van der Waals surface area contributed by atoms with Crippen LogP contribution in [0.2, 0.25) is 0 Å². The highest BCUT2D eigenvalue weighted by Crippen LogP contribution is 2.27. The molecule has 1 unspecified atom stereocenters. The van der Waals surface area contributed by atoms with Crippen LogP contribution in [0.1, 0.15) is 18.1 Å². The number of β-amino-alcohol motifs (C(OH)–C–C–N with tert-alkyl or cyclic N) is 1. The summed E-state index contributed by atoms with van der Waals surface area (Å²) in [7, 11) is 0. The highest BCUT2D eigenvalue weighted by molar-refractivity contribution is 5.47. The zero-order valence-corrected chi connectivity index (χ0v) is 9.92. The van der Waals surface area contributed by atoms with E-state index < -0.39 is 5.60 Å². The first kappa shape index (κ1) is 11.2. The Morgan fingerprint density at radius 2 is 2.33 bits per heavy atom. The average Bonchev–Trinajstić information content (AvgIpc) is 2.98. The fourth-order valence-corrected chi connectivity index (χ4v) is 1.96. The molecule has 0 aliphatic carbocycles. The summed E-state index contributed by atoms with van der Waals surface area (Å²) in [6, 6.07) is 1.71. The van der Waals surface area contributed by atoms with E-state index in [0.717, 1.165) is 6.54 Å². The predicted molar refractivity (Wildman–Crippen MR) is 61.4 cm³/mol. The monoisotopic (exact) mass is 247 g/mol. The van der Waals surface area contributed by atoms with Crippen LogP contribution in [-0.4, -0.2) is 38.3 Å². The van der Waals surface area contributed by atoms with E-state index in [0.29, 0.717) is 30.3 Å². The molecule has 2 N–H and O–H groups in total. The van der Waals surface area contributed by atoms with E-state index in [1.807, 2.05) is 0 Å². The third-order valence-corrected chi connectivity index (χ3v) is 2.96. The van der Waals surface area contributed by atoms with Gasteiger partial charge in [-0.05, 0) is 26.0 Å². The van der Waals surface area contributed by atoms with Crippen molar-refractivity contribution in [2.45, 2.75) is 18.9 Å². The summed E-state index contributed by atoms with van der Waals surface area (Å²) in [6.07, 6.45) is 2.21. The smallest absolute Gasteiger partial charge is 0.260 e. The largest absolute Gasteiger partial charge is 0.379 e. The van der Waals surface area contributed by atoms with Crippen LogP contribution in [0.5, 0.6) is 0 Å². The van der Waals surface area contributed by atoms with E-state index in [1.165, 1.54) is 0 Å². The minimum Gasteiger partial charge on any atom is -0.379 e. The van der Waals surface area contributed by atoms with Crippen LogP contribution in [-0.2, 0) is 5.60 Å². The minimum absolute atomic E-state index is 0.235. The molecule has 0 spiro atoms. The van der Waals surface area contributed by atoms with Gasteiger partial charge in [-0.15, -0.1) is 0 Å². The van der Waals surface area contributed by atoms with E-state index in [4.69, 9.17) is 4.52 Å². The van der Waals surface area contributed by atoms with Gasteiger partial charge in [-0.3, -0.25) is 0 Å². The Bertz CT molecular complexity index is 562. The first-order valence-corrected chi connectivity index (χ1v) is 5.75. The summed E-state index contributed by atoms with van der Waals surface area (Å²) >= 11 is 0. The molecule has 0 saturated carbocycles. The van der Waals surface area contributed by atoms with Crippen molar-refractivity contribution >= 4 is 0 Å². The molecule has 7 heteroatoms. The second-order valence-corrected chi connectivity index (χ2v) is 4.37. The van der Waals surface area contributed by atoms with Crippen LogP contribution in [0.15, 0.2) is 16.8 Å². The lowest BCUT2D eigenvalue weighted by atomic mass is 10.0. The van der Waals surface area contributed by atoms with Gasteiger partial charge in [-0.25, -0.2) is 9.97 Å². The van der Waals surface area contributed by atoms with Gasteiger partial charge in [0.05, 0.1) is 0 Å². The maximum Gasteiger partial charge on any atom is 0.260 e. The summed E-state index contributed by atoms with van der Waals surface area (Å²) < 4.78 is 5.13. The number of nitrogens with zero attached hydrogens (tertiary/aromatic N) is 4. The van der Waals surface area contributed by atoms with Crippen LogP contribution >= 0.6 is 0 Å². The molecule has 1 aliphatic heterocycles. The van der Waals surface area contributed by atoms with Crippen molar-refractivity contribution in [3.63, 3.8) is 0 Å². The quantitative estimate of drug-likeness (QED) is 0.771. The Morgan fingerprint density at radius 1 is 1.44 bits per heavy atom. The van der Waals surface area contributed by atoms with Crippen LogP contribution in [0, 0.1) is 6.92 Å². The molecule has 0 bridgehead atoms. The zero-order chi connectivity index (χ0) is 12.6. The number of aryl methyl sites for hydroxylation is 1. The number of aromatic nitrogens is 4. The van der Waals surface area contributed by atoms with Crippen molar-refractivity contribution < 1.29 is 9.63 Å². The fourth-order valence-electron chi connectivity index (χ4n) is 1.96. The molecule has 3 rings (SSSR count). The van der Waals surface area contributed by atoms with Crippen molar-refractivity contribution in [3.05, 3.63) is 24.0 Å². The standard InChI is InChI=1S/C11H13N5O2/c1-7-13-4-2-8(14-7)9-15-10(18-16-9)11(17)3-5-12-6-11/h2,4,12,17H,3,5-6H2,1H3. The van der Waals surface area contributed by atoms with Gasteiger partial charge in [0.25, 0.3) is 5.89 Å². The third kappa shape index (κ3) is 1.87. The maximum absolute atomic E-state index is 10.3. The molecule has 3 heterocycles. The van der Waals surface area contributed by atoms with Gasteiger partial charge in [-0.2, -0.15) is 4.98 Å². The molecule has 1 fully saturated rings. The summed E-state index contributed by atoms with van der Waals surface area (Å²) in [5.74, 6) is 1.25. The van der Waals surface area contributed by atoms with E-state index in [1.54, 1.807) is 19.2 Å². The number of rotatable bonds is 2. The molecule has 1 atom stereocenters. The molecule has 0 aromatic carbocycles. The van der Waals surface area contributed by atoms with E-state index in [2.05, 4.69) is 25.4 Å². The minimum atomic E-state index is -1.06. The third-order valence-electron chi connectivity index (χ3n) is 2.96. The molecule has 18 heavy (non-hydrogen) atoms. The SMILES string of the molecule is Cc1nccc(-c2noc(C3(O)CCNC3)n2)n1. The maximum atomic E-state index is 10.3. The first-order valence-electron chi connectivity index (χ1n) is 5.75. The van der Waals surface area contributed by atoms with E-state index in [9.17, 15) is 5.11 Å². The van der Waals surface area contributed by atoms with Gasteiger partial charge in [0.2, 0.25) is 5.82 Å². The number of nitrogens with one attached hydrogen (secondary N) is 1. The highest BCUT2D eigenvalue weighted by Gasteiger charge is 2.38. The Hall–Kier alpha value is -1.86. The van der Waals surface area contributed by atoms with Gasteiger partial charge in [0.15, 0.2) is 5.60 Å². The topological polar surface area (TPSA) is 97.0 Å². The summed E-state index contributed by atoms with van der Waals surface area (Å²) in [6.45, 7) is 2.96. The molecule has 7 nitrogen and oxygen atoms in total. The molecule has 0 amide bonds. The van der Waals surface area contributed by atoms with Crippen molar-refractivity contribution in [1.82, 2.24) is 25.4 Å². The van der Waals surface area contributed by atoms with Crippen LogP contribution in [0.4, 0.5) is 0 Å². The lowest BCUT2D eigenvalue weighted by Crippen LogP contribution is -2.28. The van der Waals surface area contributed by atoms with Gasteiger partial charge in [0, 0.05) is 12.7 Å². The second kappa shape index (κ2) is 4.11. The van der Waals surface area contributed by atoms with Crippen molar-refractivity contribution in [2.75, 3.05) is 13.1 Å². The average molecular weight is 247 g/mol. The fraction of sp³-hybridized carbons (Fsp3) is 0.455. The van der Waals surface area contributed by atoms with Gasteiger partial charge in [0.1, 0.15) is 11.5 Å². The highest BCUT2D eigenvalue weighted by atomic mass is 16.5. The Kier molecular flexibility index (Phi) is 2.57. The molecule has 2 aromatic heterocycles. The van der Waals surface area contributed by atoms with E-state index in [-0.39, 0.29) is 5.89 Å². The summed E-state index contributed by atoms with van der Waals surface area (Å²) in [5.41, 5.74) is -0.472. The van der Waals surface area contributed by atoms with Gasteiger partial charge < -0.3 is 14.9 Å². The van der Waals surface area contributed by atoms with Crippen molar-refractivity contribution in [1.29, 1.82) is 0 Å². The molecule has 0 radical (unpaired) electrons. The van der Waals surface area contributed by atoms with Gasteiger partial charge in [-0.1, -0.05) is 5.16 Å². The number of hydrogen-bond acceptors (Lipinski definition) is 7. The predicted octanol–water partition coefficient (Wildman–Crippen LogP) is 0.0159. The van der Waals surface area contributed by atoms with Crippen molar-refractivity contribution in [2.24, 2.45) is 0 Å². The molecular weight excluding hydrogens is 234 g/mol. The van der Waals surface area contributed by atoms with E-state index >= 15 is 0 Å². The molecule has 1 saturated heterocycles. The molecule has 94 valence electrons. The lowest BCUT2D eigenvalue weighted by Gasteiger charge is -2.14. The Balaban J connectivity index is 1.94. The molecule has 1 aliphatic rings. The van der Waals surface area contributed by atoms with Crippen LogP contribution < -0.4 is 5.32 Å². The Labute approximate surface area is 103 Å². The van der Waals surface area contributed by atoms with Crippen molar-refractivity contribution in [3.8, 4) is 11.5 Å². The lowest BCUT2D eigenvalue weighted by molar-refractivity contribution is 0.0243. The first-order chi connectivity index (χ1) is 8.67. The van der Waals surface area contributed by atoms with Crippen LogP contribution in [0.25, 0.3) is 11.5 Å². The zero-order valence-electron chi connectivity index (χ0n) is 9.92. The van der Waals surface area contributed by atoms with Crippen LogP contribution in [0.3, 0.4) is 0 Å². The molecule has 2 aromatic rings. The summed E-state index contributed by atoms with van der Waals surface area (Å²) in [5, 5.41) is 17.2. The van der Waals surface area contributed by atoms with Gasteiger partial charge >= 0.3 is 0 Å². The second-order valence-electron chi connectivity index (χ2n) is 4.37. The summed E-state index contributed by atoms with van der Waals surface area (Å²) in [4.78, 5) is 12.4. The molecular formula is C11H13N5O2. The Morgan fingerprint density at radius 3 is 3.06 bits per heavy atom. The number of hydrogen-bond donors (Lipinski definition) is 2. The normalized spacial score (nSPS) is 23.4. The number of aliphatic hydroxyl groups is 1.